The molecule has 0 atom stereocenters. The summed E-state index contributed by atoms with van der Waals surface area (Å²) in [4.78, 5) is 0. The molecule has 1 fully saturated rings. The van der Waals surface area contributed by atoms with Crippen LogP contribution in [0.5, 0.6) is 0 Å². The molecule has 0 bridgehead atoms. The van der Waals surface area contributed by atoms with Crippen molar-refractivity contribution in [1.29, 1.82) is 0 Å². The smallest absolute Gasteiger partial charge is 0.0203 e. The number of thioether (sulfide) groups is 1. The van der Waals surface area contributed by atoms with Crippen LogP contribution >= 0.6 is 27.7 Å². The van der Waals surface area contributed by atoms with E-state index in [0.29, 0.717) is 5.41 Å². The molecule has 1 aliphatic heterocycles. The Morgan fingerprint density at radius 1 is 1.41 bits per heavy atom. The van der Waals surface area contributed by atoms with E-state index in [2.05, 4.69) is 64.2 Å². The van der Waals surface area contributed by atoms with E-state index in [9.17, 15) is 0 Å². The Morgan fingerprint density at radius 2 is 2.24 bits per heavy atom. The van der Waals surface area contributed by atoms with Gasteiger partial charge < -0.3 is 5.32 Å². The van der Waals surface area contributed by atoms with Crippen LogP contribution in [0.1, 0.15) is 25.3 Å². The van der Waals surface area contributed by atoms with Gasteiger partial charge in [-0.2, -0.15) is 11.8 Å². The Kier molecular flexibility index (Phi) is 4.95. The number of hydrogen-bond acceptors (Lipinski definition) is 2. The molecule has 0 unspecified atom stereocenters. The van der Waals surface area contributed by atoms with Gasteiger partial charge in [-0.25, -0.2) is 0 Å². The molecule has 3 heteroatoms. The van der Waals surface area contributed by atoms with Gasteiger partial charge in [0.25, 0.3) is 0 Å². The van der Waals surface area contributed by atoms with E-state index < -0.39 is 0 Å². The average molecular weight is 314 g/mol. The number of rotatable bonds is 6. The van der Waals surface area contributed by atoms with Crippen LogP contribution in [0.2, 0.25) is 0 Å². The van der Waals surface area contributed by atoms with Crippen LogP contribution in [-0.2, 0) is 5.41 Å². The van der Waals surface area contributed by atoms with Crippen molar-refractivity contribution in [3.63, 3.8) is 0 Å². The summed E-state index contributed by atoms with van der Waals surface area (Å²) in [6.07, 6.45) is 2.64. The van der Waals surface area contributed by atoms with E-state index in [1.54, 1.807) is 0 Å². The first-order valence-electron chi connectivity index (χ1n) is 6.31. The van der Waals surface area contributed by atoms with Crippen molar-refractivity contribution < 1.29 is 0 Å². The Morgan fingerprint density at radius 3 is 2.82 bits per heavy atom. The molecule has 1 N–H and O–H groups in total. The molecule has 2 rings (SSSR count). The Hall–Kier alpha value is 0.01000. The van der Waals surface area contributed by atoms with Crippen molar-refractivity contribution in [2.45, 2.75) is 25.2 Å². The molecule has 0 radical (unpaired) electrons. The highest BCUT2D eigenvalue weighted by Crippen LogP contribution is 2.35. The molecule has 0 amide bonds. The van der Waals surface area contributed by atoms with Crippen molar-refractivity contribution in [2.75, 3.05) is 24.6 Å². The van der Waals surface area contributed by atoms with E-state index in [1.165, 1.54) is 34.4 Å². The zero-order valence-electron chi connectivity index (χ0n) is 10.3. The fraction of sp³-hybridized carbons (Fsp3) is 0.571. The molecule has 0 spiro atoms. The quantitative estimate of drug-likeness (QED) is 0.801. The minimum Gasteiger partial charge on any atom is -0.315 e. The predicted molar refractivity (Wildman–Crippen MR) is 80.9 cm³/mol. The van der Waals surface area contributed by atoms with Crippen LogP contribution < -0.4 is 5.32 Å². The van der Waals surface area contributed by atoms with Gasteiger partial charge in [0, 0.05) is 23.0 Å². The van der Waals surface area contributed by atoms with Gasteiger partial charge in [-0.1, -0.05) is 35.0 Å². The van der Waals surface area contributed by atoms with Crippen LogP contribution in [0, 0.1) is 0 Å². The summed E-state index contributed by atoms with van der Waals surface area (Å²) in [5.74, 6) is 2.54. The molecule has 1 aliphatic rings. The Labute approximate surface area is 117 Å². The van der Waals surface area contributed by atoms with E-state index in [-0.39, 0.29) is 0 Å². The monoisotopic (exact) mass is 313 g/mol. The van der Waals surface area contributed by atoms with Crippen LogP contribution in [-0.4, -0.2) is 24.6 Å². The SMILES string of the molecule is CCSCCCC1(c2cccc(Br)c2)CNC1. The maximum Gasteiger partial charge on any atom is 0.0203 e. The lowest BCUT2D eigenvalue weighted by Gasteiger charge is -2.43. The Bertz CT molecular complexity index is 363. The van der Waals surface area contributed by atoms with Crippen molar-refractivity contribution in [3.8, 4) is 0 Å². The summed E-state index contributed by atoms with van der Waals surface area (Å²) in [6, 6.07) is 8.82. The fourth-order valence-corrected chi connectivity index (χ4v) is 3.46. The number of benzene rings is 1. The van der Waals surface area contributed by atoms with E-state index in [4.69, 9.17) is 0 Å². The summed E-state index contributed by atoms with van der Waals surface area (Å²) in [6.45, 7) is 4.51. The second-order valence-corrected chi connectivity index (χ2v) is 7.00. The zero-order chi connectivity index (χ0) is 12.1. The maximum absolute atomic E-state index is 3.58. The number of halogens is 1. The minimum atomic E-state index is 0.401. The normalized spacial score (nSPS) is 17.8. The van der Waals surface area contributed by atoms with Crippen LogP contribution in [0.15, 0.2) is 28.7 Å². The second kappa shape index (κ2) is 6.26. The first-order valence-corrected chi connectivity index (χ1v) is 8.26. The van der Waals surface area contributed by atoms with Crippen molar-refractivity contribution in [2.24, 2.45) is 0 Å². The second-order valence-electron chi connectivity index (χ2n) is 4.69. The first kappa shape index (κ1) is 13.4. The average Bonchev–Trinajstić information content (AvgIpc) is 2.27. The molecular formula is C14H20BrNS. The number of hydrogen-bond donors (Lipinski definition) is 1. The van der Waals surface area contributed by atoms with Gasteiger partial charge >= 0.3 is 0 Å². The predicted octanol–water partition coefficient (Wildman–Crippen LogP) is 3.82. The fourth-order valence-electron chi connectivity index (χ4n) is 2.43. The molecule has 1 nitrogen and oxygen atoms in total. The molecule has 1 aromatic rings. The maximum atomic E-state index is 3.58. The first-order chi connectivity index (χ1) is 8.27. The molecule has 1 aromatic carbocycles. The number of nitrogens with one attached hydrogen (secondary N) is 1. The summed E-state index contributed by atoms with van der Waals surface area (Å²) < 4.78 is 1.20. The summed E-state index contributed by atoms with van der Waals surface area (Å²) in [5, 5.41) is 3.44. The molecule has 0 aromatic heterocycles. The van der Waals surface area contributed by atoms with Crippen LogP contribution in [0.25, 0.3) is 0 Å². The van der Waals surface area contributed by atoms with Crippen molar-refractivity contribution in [1.82, 2.24) is 5.32 Å². The highest BCUT2D eigenvalue weighted by Gasteiger charge is 2.37. The molecule has 1 saturated heterocycles. The van der Waals surface area contributed by atoms with Crippen molar-refractivity contribution in [3.05, 3.63) is 34.3 Å². The van der Waals surface area contributed by atoms with Crippen LogP contribution in [0.4, 0.5) is 0 Å². The largest absolute Gasteiger partial charge is 0.315 e. The highest BCUT2D eigenvalue weighted by atomic mass is 79.9. The zero-order valence-corrected chi connectivity index (χ0v) is 12.7. The van der Waals surface area contributed by atoms with Gasteiger partial charge in [-0.05, 0) is 42.0 Å². The summed E-state index contributed by atoms with van der Waals surface area (Å²) in [5.41, 5.74) is 1.89. The summed E-state index contributed by atoms with van der Waals surface area (Å²) in [7, 11) is 0. The third-order valence-corrected chi connectivity index (χ3v) is 4.99. The standard InChI is InChI=1S/C14H20BrNS/c1-2-17-8-4-7-14(10-16-11-14)12-5-3-6-13(15)9-12/h3,5-6,9,16H,2,4,7-8,10-11H2,1H3. The summed E-state index contributed by atoms with van der Waals surface area (Å²) >= 11 is 5.63. The third kappa shape index (κ3) is 3.27. The van der Waals surface area contributed by atoms with Gasteiger partial charge in [-0.3, -0.25) is 0 Å². The lowest BCUT2D eigenvalue weighted by atomic mass is 9.72. The molecular weight excluding hydrogens is 294 g/mol. The topological polar surface area (TPSA) is 12.0 Å². The lowest BCUT2D eigenvalue weighted by Crippen LogP contribution is -2.56. The molecule has 1 heterocycles. The van der Waals surface area contributed by atoms with E-state index in [1.807, 2.05) is 0 Å². The minimum absolute atomic E-state index is 0.401. The van der Waals surface area contributed by atoms with Gasteiger partial charge in [0.15, 0.2) is 0 Å². The molecule has 0 aliphatic carbocycles. The Balaban J connectivity index is 1.99. The van der Waals surface area contributed by atoms with E-state index in [0.717, 1.165) is 13.1 Å². The van der Waals surface area contributed by atoms with Gasteiger partial charge in [0.2, 0.25) is 0 Å². The van der Waals surface area contributed by atoms with Crippen LogP contribution in [0.3, 0.4) is 0 Å². The van der Waals surface area contributed by atoms with Gasteiger partial charge in [0.05, 0.1) is 0 Å². The third-order valence-electron chi connectivity index (χ3n) is 3.51. The van der Waals surface area contributed by atoms with Gasteiger partial charge in [-0.15, -0.1) is 0 Å². The molecule has 94 valence electrons. The highest BCUT2D eigenvalue weighted by molar-refractivity contribution is 9.10. The lowest BCUT2D eigenvalue weighted by molar-refractivity contribution is 0.256. The molecule has 0 saturated carbocycles. The van der Waals surface area contributed by atoms with Gasteiger partial charge in [0.1, 0.15) is 0 Å². The van der Waals surface area contributed by atoms with E-state index >= 15 is 0 Å². The van der Waals surface area contributed by atoms with Crippen molar-refractivity contribution >= 4 is 27.7 Å². The molecule has 17 heavy (non-hydrogen) atoms.